The lowest BCUT2D eigenvalue weighted by Gasteiger charge is -2.89. The number of unbranched alkanes of at least 4 members (excludes halogenated alkanes) is 5. The summed E-state index contributed by atoms with van der Waals surface area (Å²) in [6.45, 7) is 38.0. The van der Waals surface area contributed by atoms with Crippen molar-refractivity contribution in [3.05, 3.63) is 35.9 Å². The van der Waals surface area contributed by atoms with E-state index in [-0.39, 0.29) is 0 Å². The summed E-state index contributed by atoms with van der Waals surface area (Å²) in [7, 11) is -9.16. The molecule has 0 N–H and O–H groups in total. The van der Waals surface area contributed by atoms with Crippen LogP contribution in [0.25, 0.3) is 0 Å². The van der Waals surface area contributed by atoms with Crippen LogP contribution >= 0.6 is 0 Å². The van der Waals surface area contributed by atoms with Gasteiger partial charge >= 0.3 is 0 Å². The zero-order valence-corrected chi connectivity index (χ0v) is 31.3. The average Bonchev–Trinajstić information content (AvgIpc) is 2.71. The summed E-state index contributed by atoms with van der Waals surface area (Å²) in [4.78, 5) is 0. The standard InChI is InChI=1S/C28H58Si6/c1-14-15-16-17-18-22-25-27-29(2,3)32(8,9)28(26-23-20-19-21-24-26,33(10,11)30(27,4)5)34(12,13)31(27,6)7/h19-21,23-24H,14-18,22,25H2,1-13H3. The Hall–Kier alpha value is 0.521. The van der Waals surface area contributed by atoms with Gasteiger partial charge in [-0.1, -0.05) is 166 Å². The zero-order valence-electron chi connectivity index (χ0n) is 25.3. The molecule has 3 heterocycles. The predicted molar refractivity (Wildman–Crippen MR) is 174 cm³/mol. The maximum atomic E-state index is 2.98. The highest BCUT2D eigenvalue weighted by Crippen LogP contribution is 2.78. The molecule has 1 aromatic rings. The summed E-state index contributed by atoms with van der Waals surface area (Å²) < 4.78 is 1.47. The van der Waals surface area contributed by atoms with Crippen molar-refractivity contribution >= 4 is 45.5 Å². The first-order chi connectivity index (χ1) is 15.4. The molecule has 0 nitrogen and oxygen atoms in total. The fourth-order valence-corrected chi connectivity index (χ4v) is 155. The van der Waals surface area contributed by atoms with E-state index in [0.29, 0.717) is 4.28 Å². The maximum Gasteiger partial charge on any atom is 0.0464 e. The Morgan fingerprint density at radius 3 is 1.29 bits per heavy atom. The Morgan fingerprint density at radius 1 is 0.500 bits per heavy atom. The van der Waals surface area contributed by atoms with Crippen LogP contribution in [0.5, 0.6) is 0 Å². The van der Waals surface area contributed by atoms with Gasteiger partial charge in [-0.25, -0.2) is 0 Å². The SMILES string of the molecule is CCCCCCCCC12[Si](C)(C)[Si](C)(C)C(c3ccccc3)([Si](C)(C)[Si]1(C)C)[Si](C)(C)[Si]2(C)C. The van der Waals surface area contributed by atoms with Gasteiger partial charge in [0.15, 0.2) is 0 Å². The Morgan fingerprint density at radius 2 is 0.882 bits per heavy atom. The van der Waals surface area contributed by atoms with Crippen LogP contribution in [0.4, 0.5) is 0 Å². The molecule has 0 spiro atoms. The van der Waals surface area contributed by atoms with Crippen LogP contribution in [0.1, 0.15) is 57.4 Å². The zero-order chi connectivity index (χ0) is 26.1. The third kappa shape index (κ3) is 2.96. The second kappa shape index (κ2) is 8.79. The molecule has 1 aromatic carbocycles. The summed E-state index contributed by atoms with van der Waals surface area (Å²) in [6.07, 6.45) is 10.4. The van der Waals surface area contributed by atoms with Crippen molar-refractivity contribution < 1.29 is 0 Å². The number of benzene rings is 1. The lowest BCUT2D eigenvalue weighted by molar-refractivity contribution is 0.580. The summed E-state index contributed by atoms with van der Waals surface area (Å²) in [5, 5.41) is 0. The molecule has 2 bridgehead atoms. The topological polar surface area (TPSA) is 0 Å². The van der Waals surface area contributed by atoms with E-state index < -0.39 is 45.5 Å². The maximum absolute atomic E-state index is 2.98. The number of fused-ring (bicyclic) bond motifs is 3. The quantitative estimate of drug-likeness (QED) is 0.218. The van der Waals surface area contributed by atoms with Gasteiger partial charge in [-0.15, -0.1) is 0 Å². The minimum Gasteiger partial charge on any atom is -0.0713 e. The molecule has 3 saturated heterocycles. The highest BCUT2D eigenvalue weighted by molar-refractivity contribution is 7.77. The van der Waals surface area contributed by atoms with Crippen LogP contribution < -0.4 is 0 Å². The predicted octanol–water partition coefficient (Wildman–Crippen LogP) is 9.62. The molecule has 3 fully saturated rings. The van der Waals surface area contributed by atoms with Gasteiger partial charge in [0.05, 0.1) is 0 Å². The molecule has 194 valence electrons. The largest absolute Gasteiger partial charge is 0.0713 e. The van der Waals surface area contributed by atoms with E-state index in [9.17, 15) is 0 Å². The third-order valence-corrected chi connectivity index (χ3v) is 104. The minimum atomic E-state index is -1.56. The van der Waals surface area contributed by atoms with Gasteiger partial charge in [-0.3, -0.25) is 0 Å². The van der Waals surface area contributed by atoms with Gasteiger partial charge in [-0.05, 0) is 8.57 Å². The van der Waals surface area contributed by atoms with E-state index in [2.05, 4.69) is 116 Å². The molecule has 6 heteroatoms. The van der Waals surface area contributed by atoms with Crippen molar-refractivity contribution in [2.24, 2.45) is 0 Å². The molecular weight excluding hydrogens is 505 g/mol. The molecule has 3 aliphatic heterocycles. The number of hydrogen-bond acceptors (Lipinski definition) is 0. The lowest BCUT2D eigenvalue weighted by atomic mass is 10.1. The highest BCUT2D eigenvalue weighted by Gasteiger charge is 2.91. The van der Waals surface area contributed by atoms with Gasteiger partial charge in [0.25, 0.3) is 0 Å². The van der Waals surface area contributed by atoms with Crippen molar-refractivity contribution in [1.29, 1.82) is 0 Å². The van der Waals surface area contributed by atoms with E-state index in [1.165, 1.54) is 38.5 Å². The van der Waals surface area contributed by atoms with Crippen LogP contribution in [0.2, 0.25) is 82.8 Å². The first-order valence-electron chi connectivity index (χ1n) is 14.5. The van der Waals surface area contributed by atoms with Gasteiger partial charge in [-0.2, -0.15) is 0 Å². The normalized spacial score (nSPS) is 33.6. The van der Waals surface area contributed by atoms with Crippen LogP contribution in [0.15, 0.2) is 30.3 Å². The molecule has 0 aliphatic carbocycles. The Labute approximate surface area is 219 Å². The molecule has 0 atom stereocenters. The molecule has 0 aromatic heterocycles. The summed E-state index contributed by atoms with van der Waals surface area (Å²) in [5.41, 5.74) is 1.84. The molecule has 0 radical (unpaired) electrons. The van der Waals surface area contributed by atoms with Gasteiger partial charge in [0.1, 0.15) is 0 Å². The van der Waals surface area contributed by atoms with Crippen molar-refractivity contribution in [1.82, 2.24) is 0 Å². The average molecular weight is 563 g/mol. The van der Waals surface area contributed by atoms with Crippen LogP contribution in [-0.4, -0.2) is 45.5 Å². The Balaban J connectivity index is 2.33. The molecule has 0 saturated carbocycles. The van der Waals surface area contributed by atoms with Crippen molar-refractivity contribution in [3.8, 4) is 0 Å². The highest BCUT2D eigenvalue weighted by atomic mass is 29.4. The van der Waals surface area contributed by atoms with Crippen LogP contribution in [0, 0.1) is 0 Å². The summed E-state index contributed by atoms with van der Waals surface area (Å²) in [5.74, 6) is 0. The van der Waals surface area contributed by atoms with E-state index in [1.54, 1.807) is 6.42 Å². The Bertz CT molecular complexity index is 809. The van der Waals surface area contributed by atoms with E-state index in [0.717, 1.165) is 4.28 Å². The lowest BCUT2D eigenvalue weighted by Crippen LogP contribution is -3.07. The third-order valence-electron chi connectivity index (χ3n) is 13.8. The Kier molecular flexibility index (Phi) is 7.52. The van der Waals surface area contributed by atoms with Gasteiger partial charge in [0.2, 0.25) is 0 Å². The van der Waals surface area contributed by atoms with E-state index in [4.69, 9.17) is 0 Å². The first kappa shape index (κ1) is 29.1. The van der Waals surface area contributed by atoms with Gasteiger partial charge in [0, 0.05) is 45.5 Å². The minimum absolute atomic E-state index is 0.637. The van der Waals surface area contributed by atoms with Gasteiger partial charge < -0.3 is 0 Å². The van der Waals surface area contributed by atoms with Crippen molar-refractivity contribution in [2.75, 3.05) is 0 Å². The van der Waals surface area contributed by atoms with Crippen LogP contribution in [0.3, 0.4) is 0 Å². The second-order valence-corrected chi connectivity index (χ2v) is 65.1. The smallest absolute Gasteiger partial charge is 0.0464 e. The first-order valence-corrected chi connectivity index (χ1v) is 35.5. The van der Waals surface area contributed by atoms with E-state index >= 15 is 0 Å². The van der Waals surface area contributed by atoms with E-state index in [1.807, 2.05) is 5.56 Å². The summed E-state index contributed by atoms with van der Waals surface area (Å²) in [6, 6.07) is 12.3. The van der Waals surface area contributed by atoms with Crippen molar-refractivity contribution in [3.63, 3.8) is 0 Å². The second-order valence-electron chi connectivity index (χ2n) is 15.3. The van der Waals surface area contributed by atoms with Crippen molar-refractivity contribution in [2.45, 2.75) is 139 Å². The molecule has 4 rings (SSSR count). The number of hydrogen-bond donors (Lipinski definition) is 0. The molecule has 0 unspecified atom stereocenters. The fraction of sp³-hybridized carbons (Fsp3) is 0.786. The summed E-state index contributed by atoms with van der Waals surface area (Å²) >= 11 is 0. The molecule has 3 aliphatic rings. The fourth-order valence-electron chi connectivity index (χ4n) is 11.6. The van der Waals surface area contributed by atoms with Crippen LogP contribution in [-0.2, 0) is 4.28 Å². The molecule has 0 amide bonds. The molecule has 34 heavy (non-hydrogen) atoms. The monoisotopic (exact) mass is 562 g/mol. The molecular formula is C28H58Si6. The number of rotatable bonds is 8.